The Hall–Kier alpha value is -4.92. The van der Waals surface area contributed by atoms with Gasteiger partial charge in [0.25, 0.3) is 0 Å². The predicted molar refractivity (Wildman–Crippen MR) is 198 cm³/mol. The number of carbonyl (C=O) groups is 2. The van der Waals surface area contributed by atoms with E-state index in [4.69, 9.17) is 9.47 Å². The van der Waals surface area contributed by atoms with Crippen LogP contribution in [0.5, 0.6) is 0 Å². The Morgan fingerprint density at radius 3 is 2.38 bits per heavy atom. The monoisotopic (exact) mass is 678 g/mol. The van der Waals surface area contributed by atoms with E-state index >= 15 is 0 Å². The molecule has 50 heavy (non-hydrogen) atoms. The van der Waals surface area contributed by atoms with Crippen LogP contribution in [0.15, 0.2) is 23.9 Å². The average Bonchev–Trinajstić information content (AvgIpc) is 3.84. The fourth-order valence-electron chi connectivity index (χ4n) is 8.06. The van der Waals surface area contributed by atoms with Gasteiger partial charge in [-0.2, -0.15) is 0 Å². The maximum absolute atomic E-state index is 13.5. The number of aromatic nitrogens is 3. The smallest absolute Gasteiger partial charge is 0.320 e. The third-order valence-corrected chi connectivity index (χ3v) is 11.2. The molecule has 0 aromatic carbocycles. The predicted octanol–water partition coefficient (Wildman–Crippen LogP) is 4.34. The lowest BCUT2D eigenvalue weighted by Gasteiger charge is -2.26. The minimum absolute atomic E-state index is 0.0210. The highest BCUT2D eigenvalue weighted by Crippen LogP contribution is 2.42. The van der Waals surface area contributed by atoms with Crippen molar-refractivity contribution in [3.8, 4) is 0 Å². The van der Waals surface area contributed by atoms with Crippen LogP contribution in [-0.2, 0) is 25.5 Å². The summed E-state index contributed by atoms with van der Waals surface area (Å²) < 4.78 is 10.9. The van der Waals surface area contributed by atoms with E-state index < -0.39 is 11.9 Å². The van der Waals surface area contributed by atoms with Crippen LogP contribution < -0.4 is 26.6 Å². The van der Waals surface area contributed by atoms with Gasteiger partial charge in [-0.1, -0.05) is 39.0 Å². The highest BCUT2D eigenvalue weighted by Gasteiger charge is 2.47. The number of allylic oxidation sites excluding steroid dienone is 2. The zero-order valence-electron chi connectivity index (χ0n) is 30.5. The molecule has 6 rings (SSSR count). The van der Waals surface area contributed by atoms with Gasteiger partial charge in [0.1, 0.15) is 18.3 Å². The minimum atomic E-state index is -0.986. The second-order valence-corrected chi connectivity index (χ2v) is 13.9. The molecule has 3 aliphatic rings. The molecular weight excluding hydrogens is 628 g/mol. The van der Waals surface area contributed by atoms with E-state index in [1.54, 1.807) is 0 Å². The highest BCUT2D eigenvalue weighted by atomic mass is 16.5. The summed E-state index contributed by atoms with van der Waals surface area (Å²) in [5.41, 5.74) is 10.9. The molecule has 2 aliphatic heterocycles. The van der Waals surface area contributed by atoms with E-state index in [2.05, 4.69) is 79.7 Å². The molecule has 5 heterocycles. The summed E-state index contributed by atoms with van der Waals surface area (Å²) in [7, 11) is 1.35. The Labute approximate surface area is 293 Å². The van der Waals surface area contributed by atoms with Crippen molar-refractivity contribution >= 4 is 47.6 Å². The molecule has 0 amide bonds. The lowest BCUT2D eigenvalue weighted by atomic mass is 9.80. The molecule has 3 aromatic heterocycles. The molecule has 4 atom stereocenters. The molecule has 1 unspecified atom stereocenters. The van der Waals surface area contributed by atoms with Gasteiger partial charge in [-0.15, -0.1) is 0 Å². The van der Waals surface area contributed by atoms with Crippen LogP contribution in [0.25, 0.3) is 35.6 Å². The number of aliphatic hydroxyl groups is 1. The first kappa shape index (κ1) is 34.9. The lowest BCUT2D eigenvalue weighted by molar-refractivity contribution is -0.143. The molecule has 264 valence electrons. The fraction of sp³-hybridized carbons (Fsp3) is 0.415. The summed E-state index contributed by atoms with van der Waals surface area (Å²) in [6, 6.07) is -0.386. The highest BCUT2D eigenvalue weighted by molar-refractivity contribution is 5.95. The van der Waals surface area contributed by atoms with Gasteiger partial charge < -0.3 is 34.8 Å². The zero-order valence-corrected chi connectivity index (χ0v) is 30.5. The number of nitrogens with one attached hydrogen (secondary N) is 4. The van der Waals surface area contributed by atoms with Crippen molar-refractivity contribution in [1.29, 1.82) is 0 Å². The summed E-state index contributed by atoms with van der Waals surface area (Å²) in [5.74, 6) is -1.93. The van der Waals surface area contributed by atoms with E-state index in [-0.39, 0.29) is 42.6 Å². The van der Waals surface area contributed by atoms with Crippen LogP contribution in [0.2, 0.25) is 0 Å². The van der Waals surface area contributed by atoms with Crippen molar-refractivity contribution in [2.45, 2.75) is 80.2 Å². The Bertz CT molecular complexity index is 2200. The number of H-pyrrole nitrogens is 3. The first-order valence-electron chi connectivity index (χ1n) is 17.7. The lowest BCUT2D eigenvalue weighted by Crippen LogP contribution is -2.38. The number of methoxy groups -OCH3 is 1. The summed E-state index contributed by atoms with van der Waals surface area (Å²) >= 11 is 0. The van der Waals surface area contributed by atoms with Gasteiger partial charge in [0.2, 0.25) is 0 Å². The van der Waals surface area contributed by atoms with Crippen LogP contribution in [0.3, 0.4) is 0 Å². The standard InChI is InChI=1S/C41H50N4O5/c1-10-20(4)15-16-50-34(46)14-13-27-23(7)30-17-28-21(5)25(11-2)32(42-28)18-29-22(6)26(12-3)33(43-29)19-31-24(8)35-39(45-31)36(38(27)44-30)37(40(35)47)41(48)49-9/h11,15,17-19,23,27,37-38,42-45,47H,2,10,12-14,16H2,1,3-9H3/b20-15-,29-18-,30-17-,33-19-/t23-,27-,37+,38?/m0/s1. The Morgan fingerprint density at radius 2 is 1.70 bits per heavy atom. The molecule has 3 aromatic rings. The number of hydrogen-bond donors (Lipinski definition) is 5. The van der Waals surface area contributed by atoms with Gasteiger partial charge in [-0.05, 0) is 105 Å². The summed E-state index contributed by atoms with van der Waals surface area (Å²) in [6.07, 6.45) is 12.7. The third-order valence-electron chi connectivity index (χ3n) is 11.2. The molecule has 0 spiro atoms. The van der Waals surface area contributed by atoms with Gasteiger partial charge in [-0.25, -0.2) is 0 Å². The van der Waals surface area contributed by atoms with E-state index in [1.807, 2.05) is 26.0 Å². The van der Waals surface area contributed by atoms with Crippen LogP contribution in [0.1, 0.15) is 91.9 Å². The molecule has 1 saturated heterocycles. The summed E-state index contributed by atoms with van der Waals surface area (Å²) in [4.78, 5) is 37.4. The summed E-state index contributed by atoms with van der Waals surface area (Å²) in [5, 5.41) is 18.9. The fourth-order valence-corrected chi connectivity index (χ4v) is 8.06. The molecule has 5 N–H and O–H groups in total. The largest absolute Gasteiger partial charge is 0.510 e. The number of esters is 2. The van der Waals surface area contributed by atoms with Crippen LogP contribution in [0.4, 0.5) is 0 Å². The SMILES string of the molecule is C=Cc1c2[nH]c(c1C)/C=C1\NC(C3=c4[nH]c(c(C)c4=C(O)[C@@H]3C(=O)OC)/C=c3\[nH]/c(c(C)c3CC)=C\2)[C@@H](CCC(=O)OC/C=C(/C)CC)[C@@H]1C. The maximum atomic E-state index is 13.5. The number of aliphatic hydroxyl groups excluding tert-OH is 1. The van der Waals surface area contributed by atoms with Gasteiger partial charge in [0, 0.05) is 56.6 Å². The Morgan fingerprint density at radius 1 is 0.980 bits per heavy atom. The first-order valence-corrected chi connectivity index (χ1v) is 17.7. The average molecular weight is 679 g/mol. The van der Waals surface area contributed by atoms with Gasteiger partial charge in [0.15, 0.2) is 0 Å². The minimum Gasteiger partial charge on any atom is -0.510 e. The zero-order chi connectivity index (χ0) is 36.0. The number of ether oxygens (including phenoxy) is 2. The van der Waals surface area contributed by atoms with Gasteiger partial charge in [0.05, 0.1) is 18.5 Å². The maximum Gasteiger partial charge on any atom is 0.320 e. The number of aromatic amines is 3. The van der Waals surface area contributed by atoms with E-state index in [0.717, 1.165) is 68.6 Å². The summed E-state index contributed by atoms with van der Waals surface area (Å²) in [6.45, 7) is 19.0. The number of rotatable bonds is 9. The molecule has 9 nitrogen and oxygen atoms in total. The van der Waals surface area contributed by atoms with Crippen molar-refractivity contribution in [1.82, 2.24) is 20.3 Å². The first-order chi connectivity index (χ1) is 23.9. The quantitative estimate of drug-likeness (QED) is 0.169. The molecule has 9 heteroatoms. The Balaban J connectivity index is 1.59. The van der Waals surface area contributed by atoms with Crippen LogP contribution in [-0.4, -0.2) is 51.8 Å². The van der Waals surface area contributed by atoms with Gasteiger partial charge >= 0.3 is 11.9 Å². The van der Waals surface area contributed by atoms with Crippen LogP contribution >= 0.6 is 0 Å². The third kappa shape index (κ3) is 5.86. The molecule has 1 aliphatic carbocycles. The molecule has 0 radical (unpaired) electrons. The second kappa shape index (κ2) is 13.8. The Kier molecular flexibility index (Phi) is 9.62. The number of hydrogen-bond acceptors (Lipinski definition) is 6. The van der Waals surface area contributed by atoms with E-state index in [0.29, 0.717) is 17.0 Å². The van der Waals surface area contributed by atoms with Crippen molar-refractivity contribution in [2.24, 2.45) is 17.8 Å². The normalized spacial score (nSPS) is 23.4. The van der Waals surface area contributed by atoms with E-state index in [9.17, 15) is 14.7 Å². The van der Waals surface area contributed by atoms with Crippen LogP contribution in [0, 0.1) is 38.5 Å². The van der Waals surface area contributed by atoms with Crippen molar-refractivity contribution in [3.63, 3.8) is 0 Å². The van der Waals surface area contributed by atoms with Gasteiger partial charge in [-0.3, -0.25) is 9.59 Å². The molecule has 8 bridgehead atoms. The molecular formula is C41H50N4O5. The molecule has 0 saturated carbocycles. The van der Waals surface area contributed by atoms with Crippen molar-refractivity contribution in [3.05, 3.63) is 90.1 Å². The second-order valence-electron chi connectivity index (χ2n) is 13.9. The van der Waals surface area contributed by atoms with E-state index in [1.165, 1.54) is 23.8 Å². The molecule has 1 fully saturated rings. The number of fused-ring (bicyclic) bond motifs is 8. The van der Waals surface area contributed by atoms with Crippen molar-refractivity contribution in [2.75, 3.05) is 13.7 Å². The topological polar surface area (TPSA) is 132 Å². The van der Waals surface area contributed by atoms with Crippen molar-refractivity contribution < 1.29 is 24.2 Å². The number of carbonyl (C=O) groups excluding carboxylic acids is 2.